The van der Waals surface area contributed by atoms with Gasteiger partial charge in [0.05, 0.1) is 12.5 Å². The maximum Gasteiger partial charge on any atom is 0.305 e. The lowest BCUT2D eigenvalue weighted by Crippen LogP contribution is -2.37. The lowest BCUT2D eigenvalue weighted by atomic mass is 10.1. The van der Waals surface area contributed by atoms with E-state index in [9.17, 15) is 9.59 Å². The lowest BCUT2D eigenvalue weighted by molar-refractivity contribution is -0.138. The molecule has 1 unspecified atom stereocenters. The largest absolute Gasteiger partial charge is 0.481 e. The first-order chi connectivity index (χ1) is 7.91. The average Bonchev–Trinajstić information content (AvgIpc) is 2.23. The Bertz CT molecular complexity index is 448. The summed E-state index contributed by atoms with van der Waals surface area (Å²) in [5.41, 5.74) is 6.93. The Balaban J connectivity index is 2.74. The molecule has 0 aliphatic heterocycles. The molecule has 0 saturated heterocycles. The molecule has 1 aromatic carbocycles. The van der Waals surface area contributed by atoms with E-state index in [1.807, 2.05) is 13.0 Å². The molecule has 1 rings (SSSR count). The highest BCUT2D eigenvalue weighted by atomic mass is 79.9. The van der Waals surface area contributed by atoms with Crippen LogP contribution in [-0.4, -0.2) is 23.0 Å². The molecule has 1 aromatic rings. The zero-order valence-corrected chi connectivity index (χ0v) is 10.8. The van der Waals surface area contributed by atoms with Gasteiger partial charge in [-0.25, -0.2) is 0 Å². The topological polar surface area (TPSA) is 92.4 Å². The molecule has 0 spiro atoms. The number of nitrogens with two attached hydrogens (primary N) is 1. The van der Waals surface area contributed by atoms with Gasteiger partial charge in [0.2, 0.25) is 5.91 Å². The molecule has 1 atom stereocenters. The highest BCUT2D eigenvalue weighted by Crippen LogP contribution is 2.23. The van der Waals surface area contributed by atoms with Crippen molar-refractivity contribution in [3.05, 3.63) is 28.2 Å². The SMILES string of the molecule is Cc1c(Br)cccc1NC(=O)C(N)CC(=O)O. The monoisotopic (exact) mass is 300 g/mol. The summed E-state index contributed by atoms with van der Waals surface area (Å²) >= 11 is 3.34. The third-order valence-corrected chi connectivity index (χ3v) is 3.12. The Hall–Kier alpha value is -1.40. The maximum absolute atomic E-state index is 11.6. The fraction of sp³-hybridized carbons (Fsp3) is 0.273. The van der Waals surface area contributed by atoms with E-state index in [-0.39, 0.29) is 6.42 Å². The fourth-order valence-electron chi connectivity index (χ4n) is 1.25. The molecule has 0 bridgehead atoms. The van der Waals surface area contributed by atoms with Crippen molar-refractivity contribution in [3.8, 4) is 0 Å². The van der Waals surface area contributed by atoms with E-state index in [0.717, 1.165) is 10.0 Å². The van der Waals surface area contributed by atoms with Crippen molar-refractivity contribution in [2.75, 3.05) is 5.32 Å². The summed E-state index contributed by atoms with van der Waals surface area (Å²) in [6.07, 6.45) is -0.390. The molecule has 92 valence electrons. The van der Waals surface area contributed by atoms with Gasteiger partial charge >= 0.3 is 5.97 Å². The van der Waals surface area contributed by atoms with Crippen LogP contribution >= 0.6 is 15.9 Å². The Kier molecular flexibility index (Phi) is 4.65. The number of carboxylic acid groups (broad SMARTS) is 1. The lowest BCUT2D eigenvalue weighted by Gasteiger charge is -2.12. The molecule has 4 N–H and O–H groups in total. The van der Waals surface area contributed by atoms with Crippen molar-refractivity contribution < 1.29 is 14.7 Å². The number of anilines is 1. The summed E-state index contributed by atoms with van der Waals surface area (Å²) in [5.74, 6) is -1.60. The van der Waals surface area contributed by atoms with Gasteiger partial charge in [0.15, 0.2) is 0 Å². The smallest absolute Gasteiger partial charge is 0.305 e. The zero-order chi connectivity index (χ0) is 13.0. The van der Waals surface area contributed by atoms with E-state index in [2.05, 4.69) is 21.2 Å². The number of nitrogens with one attached hydrogen (secondary N) is 1. The van der Waals surface area contributed by atoms with Gasteiger partial charge in [-0.15, -0.1) is 0 Å². The molecule has 0 aromatic heterocycles. The van der Waals surface area contributed by atoms with Gasteiger partial charge in [-0.1, -0.05) is 22.0 Å². The molecule has 0 fully saturated rings. The van der Waals surface area contributed by atoms with Gasteiger partial charge in [-0.2, -0.15) is 0 Å². The molecule has 0 aliphatic carbocycles. The predicted octanol–water partition coefficient (Wildman–Crippen LogP) is 1.50. The average molecular weight is 301 g/mol. The normalized spacial score (nSPS) is 11.9. The second-order valence-electron chi connectivity index (χ2n) is 3.61. The first kappa shape index (κ1) is 13.7. The van der Waals surface area contributed by atoms with Gasteiger partial charge in [0.25, 0.3) is 0 Å². The maximum atomic E-state index is 11.6. The summed E-state index contributed by atoms with van der Waals surface area (Å²) in [6, 6.07) is 4.30. The van der Waals surface area contributed by atoms with Gasteiger partial charge in [0.1, 0.15) is 0 Å². The van der Waals surface area contributed by atoms with Crippen LogP contribution in [0.4, 0.5) is 5.69 Å². The Morgan fingerprint density at radius 2 is 2.18 bits per heavy atom. The number of hydrogen-bond donors (Lipinski definition) is 3. The summed E-state index contributed by atoms with van der Waals surface area (Å²) in [5, 5.41) is 11.1. The molecule has 0 saturated carbocycles. The third-order valence-electron chi connectivity index (χ3n) is 2.26. The molecule has 6 heteroatoms. The van der Waals surface area contributed by atoms with Crippen LogP contribution in [0.1, 0.15) is 12.0 Å². The third kappa shape index (κ3) is 3.83. The summed E-state index contributed by atoms with van der Waals surface area (Å²) in [4.78, 5) is 22.0. The van der Waals surface area contributed by atoms with Crippen molar-refractivity contribution in [1.82, 2.24) is 0 Å². The van der Waals surface area contributed by atoms with Crippen LogP contribution in [0.3, 0.4) is 0 Å². The number of carboxylic acids is 1. The number of benzene rings is 1. The van der Waals surface area contributed by atoms with Crippen molar-refractivity contribution in [1.29, 1.82) is 0 Å². The summed E-state index contributed by atoms with van der Waals surface area (Å²) in [6.45, 7) is 1.84. The van der Waals surface area contributed by atoms with Gasteiger partial charge < -0.3 is 16.2 Å². The standard InChI is InChI=1S/C11H13BrN2O3/c1-6-7(12)3-2-4-9(6)14-11(17)8(13)5-10(15)16/h2-4,8H,5,13H2,1H3,(H,14,17)(H,15,16). The van der Waals surface area contributed by atoms with E-state index in [1.54, 1.807) is 12.1 Å². The van der Waals surface area contributed by atoms with Crippen LogP contribution in [0.5, 0.6) is 0 Å². The molecule has 17 heavy (non-hydrogen) atoms. The summed E-state index contributed by atoms with van der Waals surface area (Å²) in [7, 11) is 0. The number of aliphatic carboxylic acids is 1. The predicted molar refractivity (Wildman–Crippen MR) is 67.7 cm³/mol. The molecule has 0 aliphatic rings. The number of halogens is 1. The van der Waals surface area contributed by atoms with Gasteiger partial charge in [-0.3, -0.25) is 9.59 Å². The second-order valence-corrected chi connectivity index (χ2v) is 4.46. The number of carbonyl (C=O) groups is 2. The van der Waals surface area contributed by atoms with Crippen LogP contribution in [0.15, 0.2) is 22.7 Å². The number of hydrogen-bond acceptors (Lipinski definition) is 3. The van der Waals surface area contributed by atoms with Gasteiger partial charge in [0, 0.05) is 10.2 Å². The van der Waals surface area contributed by atoms with E-state index >= 15 is 0 Å². The number of rotatable bonds is 4. The molecule has 0 heterocycles. The van der Waals surface area contributed by atoms with E-state index in [1.165, 1.54) is 0 Å². The minimum Gasteiger partial charge on any atom is -0.481 e. The van der Waals surface area contributed by atoms with Crippen molar-refractivity contribution in [2.24, 2.45) is 5.73 Å². The first-order valence-electron chi connectivity index (χ1n) is 4.95. The Labute approximate surface area is 107 Å². The van der Waals surface area contributed by atoms with Crippen molar-refractivity contribution >= 4 is 33.5 Å². The number of carbonyl (C=O) groups excluding carboxylic acids is 1. The Morgan fingerprint density at radius 3 is 2.76 bits per heavy atom. The van der Waals surface area contributed by atoms with Crippen LogP contribution in [0, 0.1) is 6.92 Å². The molecule has 0 radical (unpaired) electrons. The summed E-state index contributed by atoms with van der Waals surface area (Å²) < 4.78 is 0.863. The zero-order valence-electron chi connectivity index (χ0n) is 9.24. The van der Waals surface area contributed by atoms with E-state index < -0.39 is 17.9 Å². The van der Waals surface area contributed by atoms with E-state index in [4.69, 9.17) is 10.8 Å². The highest BCUT2D eigenvalue weighted by molar-refractivity contribution is 9.10. The fourth-order valence-corrected chi connectivity index (χ4v) is 1.62. The van der Waals surface area contributed by atoms with Gasteiger partial charge in [-0.05, 0) is 24.6 Å². The van der Waals surface area contributed by atoms with Crippen LogP contribution < -0.4 is 11.1 Å². The van der Waals surface area contributed by atoms with E-state index in [0.29, 0.717) is 5.69 Å². The molecular weight excluding hydrogens is 288 g/mol. The Morgan fingerprint density at radius 1 is 1.53 bits per heavy atom. The molecular formula is C11H13BrN2O3. The highest BCUT2D eigenvalue weighted by Gasteiger charge is 2.17. The molecule has 1 amide bonds. The van der Waals surface area contributed by atoms with Crippen LogP contribution in [0.25, 0.3) is 0 Å². The van der Waals surface area contributed by atoms with Crippen molar-refractivity contribution in [3.63, 3.8) is 0 Å². The minimum atomic E-state index is -1.10. The second kappa shape index (κ2) is 5.79. The van der Waals surface area contributed by atoms with Crippen molar-refractivity contribution in [2.45, 2.75) is 19.4 Å². The first-order valence-corrected chi connectivity index (χ1v) is 5.74. The molecule has 5 nitrogen and oxygen atoms in total. The minimum absolute atomic E-state index is 0.390. The number of amides is 1. The quantitative estimate of drug-likeness (QED) is 0.785. The van der Waals surface area contributed by atoms with Crippen LogP contribution in [0.2, 0.25) is 0 Å². The van der Waals surface area contributed by atoms with Crippen LogP contribution in [-0.2, 0) is 9.59 Å².